The van der Waals surface area contributed by atoms with Gasteiger partial charge in [-0.05, 0) is 37.3 Å². The summed E-state index contributed by atoms with van der Waals surface area (Å²) in [7, 11) is 3.10. The normalized spacial score (nSPS) is 12.1. The van der Waals surface area contributed by atoms with Crippen LogP contribution in [-0.4, -0.2) is 30.2 Å². The minimum absolute atomic E-state index is 0.0248. The molecule has 124 valence electrons. The summed E-state index contributed by atoms with van der Waals surface area (Å²) in [5.41, 5.74) is 2.06. The number of oxazole rings is 1. The van der Waals surface area contributed by atoms with Crippen LogP contribution in [0.15, 0.2) is 52.1 Å². The number of carbonyl (C=O) groups is 1. The predicted molar refractivity (Wildman–Crippen MR) is 93.2 cm³/mol. The zero-order valence-corrected chi connectivity index (χ0v) is 14.4. The molecule has 0 aliphatic carbocycles. The van der Waals surface area contributed by atoms with Gasteiger partial charge in [-0.15, -0.1) is 0 Å². The molecule has 1 aromatic heterocycles. The molecule has 0 saturated carbocycles. The maximum absolute atomic E-state index is 12.6. The van der Waals surface area contributed by atoms with Crippen LogP contribution in [-0.2, 0) is 0 Å². The number of nitrogens with zero attached hydrogens (tertiary/aromatic N) is 1. The highest BCUT2D eigenvalue weighted by Crippen LogP contribution is 2.31. The molecule has 5 nitrogen and oxygen atoms in total. The van der Waals surface area contributed by atoms with Gasteiger partial charge in [0.05, 0.1) is 19.5 Å². The molecule has 3 aromatic rings. The molecule has 0 N–H and O–H groups in total. The number of rotatable bonds is 6. The first-order chi connectivity index (χ1) is 11.6. The van der Waals surface area contributed by atoms with Gasteiger partial charge in [0.15, 0.2) is 22.9 Å². The van der Waals surface area contributed by atoms with E-state index in [4.69, 9.17) is 13.9 Å². The molecule has 1 heterocycles. The lowest BCUT2D eigenvalue weighted by Crippen LogP contribution is -2.13. The Hall–Kier alpha value is -2.47. The Balaban J connectivity index is 1.79. The van der Waals surface area contributed by atoms with Crippen LogP contribution in [0, 0.1) is 0 Å². The highest BCUT2D eigenvalue weighted by atomic mass is 32.2. The smallest absolute Gasteiger partial charge is 0.257 e. The Morgan fingerprint density at radius 3 is 2.58 bits per heavy atom. The van der Waals surface area contributed by atoms with Gasteiger partial charge in [-0.2, -0.15) is 0 Å². The molecule has 0 spiro atoms. The van der Waals surface area contributed by atoms with E-state index in [1.165, 1.54) is 11.8 Å². The van der Waals surface area contributed by atoms with Gasteiger partial charge in [-0.1, -0.05) is 23.9 Å². The molecule has 1 atom stereocenters. The van der Waals surface area contributed by atoms with E-state index in [0.717, 1.165) is 5.52 Å². The predicted octanol–water partition coefficient (Wildman–Crippen LogP) is 4.21. The van der Waals surface area contributed by atoms with Crippen LogP contribution in [0.2, 0.25) is 0 Å². The zero-order valence-electron chi connectivity index (χ0n) is 13.6. The third kappa shape index (κ3) is 3.23. The summed E-state index contributed by atoms with van der Waals surface area (Å²) in [5, 5.41) is 0.147. The molecule has 1 unspecified atom stereocenters. The fourth-order valence-corrected chi connectivity index (χ4v) is 3.16. The van der Waals surface area contributed by atoms with Crippen LogP contribution in [0.25, 0.3) is 11.1 Å². The van der Waals surface area contributed by atoms with Crippen LogP contribution >= 0.6 is 11.8 Å². The lowest BCUT2D eigenvalue weighted by molar-refractivity contribution is 0.0993. The first-order valence-electron chi connectivity index (χ1n) is 7.41. The molecule has 0 aliphatic heterocycles. The monoisotopic (exact) mass is 343 g/mol. The molecule has 6 heteroatoms. The van der Waals surface area contributed by atoms with E-state index in [-0.39, 0.29) is 11.0 Å². The van der Waals surface area contributed by atoms with Gasteiger partial charge in [0.1, 0.15) is 5.52 Å². The molecular weight excluding hydrogens is 326 g/mol. The lowest BCUT2D eigenvalue weighted by atomic mass is 10.1. The van der Waals surface area contributed by atoms with Crippen molar-refractivity contribution in [2.24, 2.45) is 0 Å². The summed E-state index contributed by atoms with van der Waals surface area (Å²) in [6.45, 7) is 1.83. The van der Waals surface area contributed by atoms with Crippen molar-refractivity contribution in [3.63, 3.8) is 0 Å². The lowest BCUT2D eigenvalue weighted by Gasteiger charge is -2.11. The van der Waals surface area contributed by atoms with E-state index in [2.05, 4.69) is 4.98 Å². The van der Waals surface area contributed by atoms with Crippen molar-refractivity contribution in [2.45, 2.75) is 17.4 Å². The Morgan fingerprint density at radius 2 is 1.88 bits per heavy atom. The van der Waals surface area contributed by atoms with Crippen molar-refractivity contribution in [3.8, 4) is 11.5 Å². The standard InChI is InChI=1S/C18H17NO4S/c1-11(24-18-19-13-6-4-5-7-14(13)23-18)17(20)12-8-9-15(21-2)16(10-12)22-3/h4-11H,1-3H3. The number of thioether (sulfide) groups is 1. The minimum atomic E-state index is -0.337. The number of ketones is 1. The number of benzene rings is 2. The van der Waals surface area contributed by atoms with Crippen LogP contribution < -0.4 is 9.47 Å². The van der Waals surface area contributed by atoms with Crippen LogP contribution in [0.3, 0.4) is 0 Å². The molecule has 24 heavy (non-hydrogen) atoms. The number of hydrogen-bond donors (Lipinski definition) is 0. The first kappa shape index (κ1) is 16.4. The maximum Gasteiger partial charge on any atom is 0.257 e. The number of Topliss-reactive ketones (excluding diaryl/α,β-unsaturated/α-hetero) is 1. The van der Waals surface area contributed by atoms with Gasteiger partial charge < -0.3 is 13.9 Å². The third-order valence-corrected chi connectivity index (χ3v) is 4.53. The van der Waals surface area contributed by atoms with Gasteiger partial charge in [-0.3, -0.25) is 4.79 Å². The van der Waals surface area contributed by atoms with E-state index >= 15 is 0 Å². The summed E-state index contributed by atoms with van der Waals surface area (Å²) >= 11 is 1.30. The second kappa shape index (κ2) is 6.97. The Labute approximate surface area is 144 Å². The van der Waals surface area contributed by atoms with Crippen molar-refractivity contribution in [3.05, 3.63) is 48.0 Å². The average molecular weight is 343 g/mol. The van der Waals surface area contributed by atoms with Gasteiger partial charge in [0.2, 0.25) is 0 Å². The number of fused-ring (bicyclic) bond motifs is 1. The number of ether oxygens (including phenoxy) is 2. The van der Waals surface area contributed by atoms with E-state index in [0.29, 0.717) is 27.9 Å². The van der Waals surface area contributed by atoms with Crippen molar-refractivity contribution in [1.82, 2.24) is 4.98 Å². The summed E-state index contributed by atoms with van der Waals surface area (Å²) in [6.07, 6.45) is 0. The summed E-state index contributed by atoms with van der Waals surface area (Å²) in [5.74, 6) is 1.10. The van der Waals surface area contributed by atoms with E-state index in [9.17, 15) is 4.79 Å². The largest absolute Gasteiger partial charge is 0.493 e. The summed E-state index contributed by atoms with van der Waals surface area (Å²) < 4.78 is 16.1. The highest BCUT2D eigenvalue weighted by Gasteiger charge is 2.21. The van der Waals surface area contributed by atoms with E-state index in [1.54, 1.807) is 32.4 Å². The van der Waals surface area contributed by atoms with Crippen molar-refractivity contribution < 1.29 is 18.7 Å². The summed E-state index contributed by atoms with van der Waals surface area (Å²) in [6, 6.07) is 12.7. The quantitative estimate of drug-likeness (QED) is 0.493. The van der Waals surface area contributed by atoms with Gasteiger partial charge in [0, 0.05) is 5.56 Å². The molecule has 0 amide bonds. The maximum atomic E-state index is 12.6. The Kier molecular flexibility index (Phi) is 4.76. The minimum Gasteiger partial charge on any atom is -0.493 e. The van der Waals surface area contributed by atoms with Crippen LogP contribution in [0.4, 0.5) is 0 Å². The van der Waals surface area contributed by atoms with Gasteiger partial charge >= 0.3 is 0 Å². The third-order valence-electron chi connectivity index (χ3n) is 3.59. The van der Waals surface area contributed by atoms with E-state index in [1.807, 2.05) is 31.2 Å². The Morgan fingerprint density at radius 1 is 1.12 bits per heavy atom. The van der Waals surface area contributed by atoms with Gasteiger partial charge in [0.25, 0.3) is 5.22 Å². The summed E-state index contributed by atoms with van der Waals surface area (Å²) in [4.78, 5) is 17.0. The number of para-hydroxylation sites is 2. The SMILES string of the molecule is COc1ccc(C(=O)C(C)Sc2nc3ccccc3o2)cc1OC. The average Bonchev–Trinajstić information content (AvgIpc) is 3.02. The molecule has 3 rings (SSSR count). The number of carbonyl (C=O) groups excluding carboxylic acids is 1. The topological polar surface area (TPSA) is 61.6 Å². The van der Waals surface area contributed by atoms with Crippen molar-refractivity contribution in [1.29, 1.82) is 0 Å². The second-order valence-corrected chi connectivity index (χ2v) is 6.43. The number of aromatic nitrogens is 1. The van der Waals surface area contributed by atoms with Crippen LogP contribution in [0.1, 0.15) is 17.3 Å². The Bertz CT molecular complexity index is 841. The van der Waals surface area contributed by atoms with Gasteiger partial charge in [-0.25, -0.2) is 4.98 Å². The fourth-order valence-electron chi connectivity index (χ4n) is 2.33. The van der Waals surface area contributed by atoms with Crippen LogP contribution in [0.5, 0.6) is 11.5 Å². The molecule has 0 fully saturated rings. The molecular formula is C18H17NO4S. The highest BCUT2D eigenvalue weighted by molar-refractivity contribution is 8.00. The second-order valence-electron chi connectivity index (χ2n) is 5.14. The molecule has 0 radical (unpaired) electrons. The first-order valence-corrected chi connectivity index (χ1v) is 8.29. The number of methoxy groups -OCH3 is 2. The fraction of sp³-hybridized carbons (Fsp3) is 0.222. The molecule has 0 bridgehead atoms. The zero-order chi connectivity index (χ0) is 17.1. The molecule has 0 saturated heterocycles. The molecule has 2 aromatic carbocycles. The molecule has 0 aliphatic rings. The van der Waals surface area contributed by atoms with E-state index < -0.39 is 0 Å². The number of hydrogen-bond acceptors (Lipinski definition) is 6. The van der Waals surface area contributed by atoms with Crippen molar-refractivity contribution in [2.75, 3.05) is 14.2 Å². The van der Waals surface area contributed by atoms with Crippen molar-refractivity contribution >= 4 is 28.6 Å².